The summed E-state index contributed by atoms with van der Waals surface area (Å²) in [5.41, 5.74) is 4.59. The van der Waals surface area contributed by atoms with E-state index < -0.39 is 0 Å². The topological polar surface area (TPSA) is 84.1 Å². The SMILES string of the molecule is Cc1cnc(NN)nc1-c1ccccc1O. The van der Waals surface area contributed by atoms with Crippen LogP contribution in [0.25, 0.3) is 11.3 Å². The van der Waals surface area contributed by atoms with Gasteiger partial charge in [-0.15, -0.1) is 0 Å². The highest BCUT2D eigenvalue weighted by Crippen LogP contribution is 2.29. The normalized spacial score (nSPS) is 10.1. The van der Waals surface area contributed by atoms with Crippen molar-refractivity contribution in [3.63, 3.8) is 0 Å². The van der Waals surface area contributed by atoms with Gasteiger partial charge in [-0.05, 0) is 24.6 Å². The van der Waals surface area contributed by atoms with Gasteiger partial charge in [-0.3, -0.25) is 5.43 Å². The Labute approximate surface area is 92.9 Å². The molecule has 2 aromatic rings. The predicted molar refractivity (Wildman–Crippen MR) is 61.7 cm³/mol. The molecule has 4 N–H and O–H groups in total. The highest BCUT2D eigenvalue weighted by atomic mass is 16.3. The molecule has 16 heavy (non-hydrogen) atoms. The van der Waals surface area contributed by atoms with Crippen molar-refractivity contribution in [1.82, 2.24) is 9.97 Å². The van der Waals surface area contributed by atoms with Gasteiger partial charge < -0.3 is 5.11 Å². The zero-order valence-electron chi connectivity index (χ0n) is 8.81. The van der Waals surface area contributed by atoms with E-state index in [1.807, 2.05) is 13.0 Å². The van der Waals surface area contributed by atoms with E-state index in [4.69, 9.17) is 5.84 Å². The van der Waals surface area contributed by atoms with Crippen molar-refractivity contribution in [3.8, 4) is 17.0 Å². The first kappa shape index (κ1) is 10.4. The van der Waals surface area contributed by atoms with Gasteiger partial charge >= 0.3 is 0 Å². The molecule has 0 aliphatic carbocycles. The van der Waals surface area contributed by atoms with Gasteiger partial charge in [0, 0.05) is 11.8 Å². The third-order valence-electron chi connectivity index (χ3n) is 2.26. The molecule has 0 aliphatic heterocycles. The summed E-state index contributed by atoms with van der Waals surface area (Å²) < 4.78 is 0. The van der Waals surface area contributed by atoms with Crippen LogP contribution in [0.5, 0.6) is 5.75 Å². The maximum atomic E-state index is 9.74. The van der Waals surface area contributed by atoms with Crippen molar-refractivity contribution in [2.24, 2.45) is 5.84 Å². The number of hydrazine groups is 1. The summed E-state index contributed by atoms with van der Waals surface area (Å²) in [6, 6.07) is 7.01. The number of rotatable bonds is 2. The maximum Gasteiger partial charge on any atom is 0.237 e. The number of phenols is 1. The molecule has 0 atom stereocenters. The molecule has 5 nitrogen and oxygen atoms in total. The van der Waals surface area contributed by atoms with Gasteiger partial charge in [0.2, 0.25) is 5.95 Å². The second-order valence-corrected chi connectivity index (χ2v) is 3.39. The molecular weight excluding hydrogens is 204 g/mol. The minimum absolute atomic E-state index is 0.187. The van der Waals surface area contributed by atoms with E-state index in [0.29, 0.717) is 17.2 Å². The van der Waals surface area contributed by atoms with Crippen molar-refractivity contribution in [2.45, 2.75) is 6.92 Å². The first-order valence-electron chi connectivity index (χ1n) is 4.81. The molecule has 1 aromatic carbocycles. The highest BCUT2D eigenvalue weighted by molar-refractivity contribution is 5.69. The Morgan fingerprint density at radius 1 is 1.31 bits per heavy atom. The number of hydrogen-bond donors (Lipinski definition) is 3. The van der Waals surface area contributed by atoms with E-state index in [-0.39, 0.29) is 5.75 Å². The average molecular weight is 216 g/mol. The van der Waals surface area contributed by atoms with Crippen LogP contribution in [0.15, 0.2) is 30.5 Å². The van der Waals surface area contributed by atoms with Crippen LogP contribution in [-0.4, -0.2) is 15.1 Å². The molecule has 2 rings (SSSR count). The monoisotopic (exact) mass is 216 g/mol. The van der Waals surface area contributed by atoms with Gasteiger partial charge in [0.25, 0.3) is 0 Å². The van der Waals surface area contributed by atoms with Gasteiger partial charge in [0.1, 0.15) is 5.75 Å². The molecule has 0 amide bonds. The number of nitrogens with two attached hydrogens (primary N) is 1. The Bertz CT molecular complexity index is 513. The molecule has 0 radical (unpaired) electrons. The number of para-hydroxylation sites is 1. The summed E-state index contributed by atoms with van der Waals surface area (Å²) in [6.45, 7) is 1.88. The predicted octanol–water partition coefficient (Wildman–Crippen LogP) is 1.44. The van der Waals surface area contributed by atoms with Crippen LogP contribution in [0.3, 0.4) is 0 Å². The number of aromatic hydroxyl groups is 1. The largest absolute Gasteiger partial charge is 0.507 e. The molecular formula is C11H12N4O. The molecule has 0 fully saturated rings. The van der Waals surface area contributed by atoms with E-state index in [1.165, 1.54) is 0 Å². The second kappa shape index (κ2) is 4.16. The zero-order chi connectivity index (χ0) is 11.5. The zero-order valence-corrected chi connectivity index (χ0v) is 8.81. The lowest BCUT2D eigenvalue weighted by Crippen LogP contribution is -2.11. The van der Waals surface area contributed by atoms with Gasteiger partial charge in [0.15, 0.2) is 0 Å². The van der Waals surface area contributed by atoms with Crippen LogP contribution in [0.1, 0.15) is 5.56 Å². The van der Waals surface area contributed by atoms with Gasteiger partial charge in [-0.1, -0.05) is 12.1 Å². The molecule has 0 saturated carbocycles. The Hall–Kier alpha value is -2.14. The number of aryl methyl sites for hydroxylation is 1. The first-order valence-corrected chi connectivity index (χ1v) is 4.81. The van der Waals surface area contributed by atoms with E-state index >= 15 is 0 Å². The van der Waals surface area contributed by atoms with Gasteiger partial charge in [0.05, 0.1) is 5.69 Å². The van der Waals surface area contributed by atoms with Crippen molar-refractivity contribution >= 4 is 5.95 Å². The quantitative estimate of drug-likeness (QED) is 0.522. The van der Waals surface area contributed by atoms with E-state index in [9.17, 15) is 5.11 Å². The molecule has 5 heteroatoms. The van der Waals surface area contributed by atoms with Crippen LogP contribution in [-0.2, 0) is 0 Å². The molecule has 0 unspecified atom stereocenters. The summed E-state index contributed by atoms with van der Waals surface area (Å²) in [6.07, 6.45) is 1.66. The fraction of sp³-hybridized carbons (Fsp3) is 0.0909. The Morgan fingerprint density at radius 3 is 2.75 bits per heavy atom. The fourth-order valence-corrected chi connectivity index (χ4v) is 1.46. The summed E-state index contributed by atoms with van der Waals surface area (Å²) in [5, 5.41) is 9.74. The number of benzene rings is 1. The number of nitrogen functional groups attached to an aromatic ring is 1. The lowest BCUT2D eigenvalue weighted by atomic mass is 10.1. The van der Waals surface area contributed by atoms with Crippen LogP contribution >= 0.6 is 0 Å². The molecule has 0 bridgehead atoms. The molecule has 0 aliphatic rings. The number of hydrogen-bond acceptors (Lipinski definition) is 5. The van der Waals surface area contributed by atoms with Crippen molar-refractivity contribution in [1.29, 1.82) is 0 Å². The summed E-state index contributed by atoms with van der Waals surface area (Å²) in [7, 11) is 0. The lowest BCUT2D eigenvalue weighted by molar-refractivity contribution is 0.477. The van der Waals surface area contributed by atoms with Crippen LogP contribution in [0.4, 0.5) is 5.95 Å². The molecule has 82 valence electrons. The third kappa shape index (κ3) is 1.80. The summed E-state index contributed by atoms with van der Waals surface area (Å²) in [5.74, 6) is 5.76. The fourth-order valence-electron chi connectivity index (χ4n) is 1.46. The van der Waals surface area contributed by atoms with Crippen LogP contribution in [0, 0.1) is 6.92 Å². The van der Waals surface area contributed by atoms with Crippen molar-refractivity contribution in [2.75, 3.05) is 5.43 Å². The third-order valence-corrected chi connectivity index (χ3v) is 2.26. The van der Waals surface area contributed by atoms with Crippen molar-refractivity contribution < 1.29 is 5.11 Å². The standard InChI is InChI=1S/C11H12N4O/c1-7-6-13-11(15-12)14-10(7)8-4-2-3-5-9(8)16/h2-6,16H,12H2,1H3,(H,13,14,15). The average Bonchev–Trinajstić information content (AvgIpc) is 2.31. The van der Waals surface area contributed by atoms with E-state index in [1.54, 1.807) is 24.4 Å². The number of aromatic nitrogens is 2. The molecule has 1 aromatic heterocycles. The molecule has 0 saturated heterocycles. The highest BCUT2D eigenvalue weighted by Gasteiger charge is 2.09. The first-order chi connectivity index (χ1) is 7.72. The summed E-state index contributed by atoms with van der Waals surface area (Å²) in [4.78, 5) is 8.20. The van der Waals surface area contributed by atoms with Gasteiger partial charge in [-0.25, -0.2) is 15.8 Å². The minimum Gasteiger partial charge on any atom is -0.507 e. The molecule has 1 heterocycles. The van der Waals surface area contributed by atoms with Crippen molar-refractivity contribution in [3.05, 3.63) is 36.0 Å². The maximum absolute atomic E-state index is 9.74. The number of nitrogens with one attached hydrogen (secondary N) is 1. The lowest BCUT2D eigenvalue weighted by Gasteiger charge is -2.08. The number of anilines is 1. The molecule has 0 spiro atoms. The Morgan fingerprint density at radius 2 is 2.06 bits per heavy atom. The smallest absolute Gasteiger partial charge is 0.237 e. The number of nitrogens with zero attached hydrogens (tertiary/aromatic N) is 2. The Kier molecular flexibility index (Phi) is 2.70. The Balaban J connectivity index is 2.59. The second-order valence-electron chi connectivity index (χ2n) is 3.39. The van der Waals surface area contributed by atoms with E-state index in [0.717, 1.165) is 5.56 Å². The van der Waals surface area contributed by atoms with Crippen LogP contribution < -0.4 is 11.3 Å². The van der Waals surface area contributed by atoms with E-state index in [2.05, 4.69) is 15.4 Å². The van der Waals surface area contributed by atoms with Crippen LogP contribution in [0.2, 0.25) is 0 Å². The number of phenolic OH excluding ortho intramolecular Hbond substituents is 1. The van der Waals surface area contributed by atoms with Gasteiger partial charge in [-0.2, -0.15) is 0 Å². The summed E-state index contributed by atoms with van der Waals surface area (Å²) >= 11 is 0. The minimum atomic E-state index is 0.187.